The van der Waals surface area contributed by atoms with E-state index in [2.05, 4.69) is 16.3 Å². The van der Waals surface area contributed by atoms with Gasteiger partial charge in [0.2, 0.25) is 5.91 Å². The number of hydrogen-bond acceptors (Lipinski definition) is 4. The fraction of sp³-hybridized carbons (Fsp3) is 0.421. The molecule has 0 saturated carbocycles. The molecule has 4 rings (SSSR count). The van der Waals surface area contributed by atoms with Crippen LogP contribution in [0.15, 0.2) is 35.7 Å². The van der Waals surface area contributed by atoms with Crippen molar-refractivity contribution in [2.75, 3.05) is 26.7 Å². The minimum absolute atomic E-state index is 0. The van der Waals surface area contributed by atoms with Crippen molar-refractivity contribution < 1.29 is 9.53 Å². The van der Waals surface area contributed by atoms with Gasteiger partial charge in [0.1, 0.15) is 5.75 Å². The highest BCUT2D eigenvalue weighted by Gasteiger charge is 2.36. The number of thiophene rings is 1. The zero-order valence-corrected chi connectivity index (χ0v) is 15.9. The quantitative estimate of drug-likeness (QED) is 0.819. The Balaban J connectivity index is 0.00000182. The summed E-state index contributed by atoms with van der Waals surface area (Å²) in [5, 5.41) is 2.19. The second kappa shape index (κ2) is 7.77. The Labute approximate surface area is 158 Å². The molecule has 1 aromatic carbocycles. The maximum atomic E-state index is 12.5. The van der Waals surface area contributed by atoms with Gasteiger partial charge in [0.15, 0.2) is 0 Å². The van der Waals surface area contributed by atoms with Crippen LogP contribution in [0, 0.1) is 0 Å². The summed E-state index contributed by atoms with van der Waals surface area (Å²) in [6, 6.07) is 10.5. The molecule has 0 N–H and O–H groups in total. The lowest BCUT2D eigenvalue weighted by molar-refractivity contribution is -0.138. The van der Waals surface area contributed by atoms with E-state index in [0.717, 1.165) is 43.9 Å². The topological polar surface area (TPSA) is 32.8 Å². The first-order valence-electron chi connectivity index (χ1n) is 8.43. The second-order valence-corrected chi connectivity index (χ2v) is 7.53. The van der Waals surface area contributed by atoms with Crippen molar-refractivity contribution in [3.8, 4) is 5.75 Å². The predicted octanol–water partition coefficient (Wildman–Crippen LogP) is 2.99. The standard InChI is InChI=1S/C19H22N2O2S.ClH/c1-23-17-5-3-2-4-14(17)10-19(22)21-12-16(13-21)20-8-6-18-15(11-20)7-9-24-18;/h2-5,7,9,16H,6,8,10-13H2,1H3;1H. The number of methoxy groups -OCH3 is 1. The number of carbonyl (C=O) groups excluding carboxylic acids is 1. The molecule has 0 unspecified atom stereocenters. The van der Waals surface area contributed by atoms with Gasteiger partial charge < -0.3 is 9.64 Å². The molecular weight excluding hydrogens is 356 g/mol. The summed E-state index contributed by atoms with van der Waals surface area (Å²) >= 11 is 1.87. The number of nitrogens with zero attached hydrogens (tertiary/aromatic N) is 2. The lowest BCUT2D eigenvalue weighted by Gasteiger charge is -2.46. The smallest absolute Gasteiger partial charge is 0.227 e. The third-order valence-electron chi connectivity index (χ3n) is 5.10. The Morgan fingerprint density at radius 2 is 2.08 bits per heavy atom. The van der Waals surface area contributed by atoms with Crippen molar-refractivity contribution in [2.45, 2.75) is 25.4 Å². The van der Waals surface area contributed by atoms with Crippen LogP contribution in [0.3, 0.4) is 0 Å². The molecule has 0 bridgehead atoms. The van der Waals surface area contributed by atoms with Crippen LogP contribution in [-0.4, -0.2) is 48.5 Å². The van der Waals surface area contributed by atoms with Gasteiger partial charge in [-0.2, -0.15) is 0 Å². The van der Waals surface area contributed by atoms with Gasteiger partial charge in [0.25, 0.3) is 0 Å². The fourth-order valence-electron chi connectivity index (χ4n) is 3.60. The van der Waals surface area contributed by atoms with Crippen LogP contribution in [0.25, 0.3) is 0 Å². The van der Waals surface area contributed by atoms with E-state index in [1.165, 1.54) is 10.4 Å². The molecule has 2 aromatic rings. The van der Waals surface area contributed by atoms with Crippen LogP contribution >= 0.6 is 23.7 Å². The fourth-order valence-corrected chi connectivity index (χ4v) is 4.49. The third-order valence-corrected chi connectivity index (χ3v) is 6.13. The molecule has 0 aliphatic carbocycles. The minimum atomic E-state index is 0. The van der Waals surface area contributed by atoms with Crippen LogP contribution in [0.4, 0.5) is 0 Å². The molecule has 0 atom stereocenters. The van der Waals surface area contributed by atoms with Crippen molar-refractivity contribution in [1.29, 1.82) is 0 Å². The molecule has 25 heavy (non-hydrogen) atoms. The van der Waals surface area contributed by atoms with Crippen LogP contribution in [-0.2, 0) is 24.2 Å². The number of likely N-dealkylation sites (tertiary alicyclic amines) is 1. The van der Waals surface area contributed by atoms with E-state index in [1.807, 2.05) is 40.5 Å². The Morgan fingerprint density at radius 3 is 2.88 bits per heavy atom. The summed E-state index contributed by atoms with van der Waals surface area (Å²) in [6.07, 6.45) is 1.57. The third kappa shape index (κ3) is 3.68. The summed E-state index contributed by atoms with van der Waals surface area (Å²) in [7, 11) is 1.65. The molecule has 1 saturated heterocycles. The zero-order valence-electron chi connectivity index (χ0n) is 14.3. The van der Waals surface area contributed by atoms with Gasteiger partial charge in [-0.3, -0.25) is 9.69 Å². The number of halogens is 1. The van der Waals surface area contributed by atoms with Crippen molar-refractivity contribution in [3.63, 3.8) is 0 Å². The number of amides is 1. The maximum Gasteiger partial charge on any atom is 0.227 e. The molecular formula is C19H23ClN2O2S. The van der Waals surface area contributed by atoms with E-state index >= 15 is 0 Å². The molecule has 1 fully saturated rings. The Morgan fingerprint density at radius 1 is 1.28 bits per heavy atom. The lowest BCUT2D eigenvalue weighted by Crippen LogP contribution is -2.61. The SMILES string of the molecule is COc1ccccc1CC(=O)N1CC(N2CCc3sccc3C2)C1.Cl. The number of ether oxygens (including phenoxy) is 1. The van der Waals surface area contributed by atoms with Crippen LogP contribution in [0.5, 0.6) is 5.75 Å². The first-order valence-corrected chi connectivity index (χ1v) is 9.31. The number of para-hydroxylation sites is 1. The van der Waals surface area contributed by atoms with Gasteiger partial charge in [-0.15, -0.1) is 23.7 Å². The summed E-state index contributed by atoms with van der Waals surface area (Å²) in [5.41, 5.74) is 2.44. The summed E-state index contributed by atoms with van der Waals surface area (Å²) in [5.74, 6) is 0.993. The van der Waals surface area contributed by atoms with E-state index in [-0.39, 0.29) is 18.3 Å². The van der Waals surface area contributed by atoms with Gasteiger partial charge in [-0.25, -0.2) is 0 Å². The molecule has 1 aromatic heterocycles. The number of benzene rings is 1. The van der Waals surface area contributed by atoms with Crippen LogP contribution in [0.1, 0.15) is 16.0 Å². The highest BCUT2D eigenvalue weighted by atomic mass is 35.5. The summed E-state index contributed by atoms with van der Waals surface area (Å²) in [4.78, 5) is 18.5. The summed E-state index contributed by atoms with van der Waals surface area (Å²) in [6.45, 7) is 3.87. The van der Waals surface area contributed by atoms with E-state index in [0.29, 0.717) is 12.5 Å². The summed E-state index contributed by atoms with van der Waals surface area (Å²) < 4.78 is 5.34. The highest BCUT2D eigenvalue weighted by molar-refractivity contribution is 7.10. The molecule has 134 valence electrons. The Bertz CT molecular complexity index is 743. The largest absolute Gasteiger partial charge is 0.496 e. The molecule has 6 heteroatoms. The molecule has 1 amide bonds. The van der Waals surface area contributed by atoms with Crippen molar-refractivity contribution in [1.82, 2.24) is 9.80 Å². The highest BCUT2D eigenvalue weighted by Crippen LogP contribution is 2.28. The lowest BCUT2D eigenvalue weighted by atomic mass is 10.0. The van der Waals surface area contributed by atoms with E-state index in [1.54, 1.807) is 7.11 Å². The predicted molar refractivity (Wildman–Crippen MR) is 103 cm³/mol. The molecule has 4 nitrogen and oxygen atoms in total. The van der Waals surface area contributed by atoms with Crippen molar-refractivity contribution in [3.05, 3.63) is 51.7 Å². The van der Waals surface area contributed by atoms with Crippen molar-refractivity contribution >= 4 is 29.7 Å². The Kier molecular flexibility index (Phi) is 5.67. The number of fused-ring (bicyclic) bond motifs is 1. The average Bonchev–Trinajstić information content (AvgIpc) is 3.01. The van der Waals surface area contributed by atoms with Gasteiger partial charge in [0, 0.05) is 42.7 Å². The molecule has 3 heterocycles. The number of hydrogen-bond donors (Lipinski definition) is 0. The van der Waals surface area contributed by atoms with E-state index in [9.17, 15) is 4.79 Å². The normalized spacial score (nSPS) is 17.4. The first-order chi connectivity index (χ1) is 11.7. The number of carbonyl (C=O) groups is 1. The maximum absolute atomic E-state index is 12.5. The van der Waals surface area contributed by atoms with Crippen LogP contribution < -0.4 is 4.74 Å². The molecule has 2 aliphatic heterocycles. The Hall–Kier alpha value is -1.56. The molecule has 2 aliphatic rings. The van der Waals surface area contributed by atoms with Gasteiger partial charge >= 0.3 is 0 Å². The van der Waals surface area contributed by atoms with Crippen molar-refractivity contribution in [2.24, 2.45) is 0 Å². The average molecular weight is 379 g/mol. The monoisotopic (exact) mass is 378 g/mol. The minimum Gasteiger partial charge on any atom is -0.496 e. The van der Waals surface area contributed by atoms with Crippen LogP contribution in [0.2, 0.25) is 0 Å². The second-order valence-electron chi connectivity index (χ2n) is 6.53. The van der Waals surface area contributed by atoms with Gasteiger partial charge in [0.05, 0.1) is 13.5 Å². The molecule has 0 spiro atoms. The number of rotatable bonds is 4. The van der Waals surface area contributed by atoms with E-state index < -0.39 is 0 Å². The van der Waals surface area contributed by atoms with Gasteiger partial charge in [-0.05, 0) is 29.5 Å². The first kappa shape index (κ1) is 18.2. The van der Waals surface area contributed by atoms with E-state index in [4.69, 9.17) is 4.74 Å². The van der Waals surface area contributed by atoms with Gasteiger partial charge in [-0.1, -0.05) is 18.2 Å². The zero-order chi connectivity index (χ0) is 16.5. The molecule has 0 radical (unpaired) electrons.